The van der Waals surface area contributed by atoms with Crippen molar-refractivity contribution in [2.24, 2.45) is 0 Å². The Bertz CT molecular complexity index is 32.2. The van der Waals surface area contributed by atoms with Crippen LogP contribution in [0, 0.1) is 0 Å². The van der Waals surface area contributed by atoms with Crippen LogP contribution < -0.4 is 0 Å². The van der Waals surface area contributed by atoms with E-state index in [9.17, 15) is 0 Å². The Kier molecular flexibility index (Phi) is 64.4. The molecule has 0 aromatic heterocycles. The number of hydrogen-bond acceptors (Lipinski definition) is 2. The molecule has 0 spiro atoms. The molecule has 0 saturated carbocycles. The highest BCUT2D eigenvalue weighted by Crippen LogP contribution is 1.66. The van der Waals surface area contributed by atoms with E-state index in [0.29, 0.717) is 13.2 Å². The van der Waals surface area contributed by atoms with Crippen LogP contribution in [0.25, 0.3) is 0 Å². The largest absolute Gasteiger partial charge is 0.394 e. The van der Waals surface area contributed by atoms with Crippen LogP contribution in [0.3, 0.4) is 0 Å². The lowest BCUT2D eigenvalue weighted by molar-refractivity contribution is 0.102. The standard InChI is InChI=1S/C4H10O2.2C2H4/c1-2-6-4-3-5;2*1-2/h5H,2-4H2,1H3;2*1-2H2. The summed E-state index contributed by atoms with van der Waals surface area (Å²) in [6, 6.07) is 0. The lowest BCUT2D eigenvalue weighted by atomic mass is 10.8. The quantitative estimate of drug-likeness (QED) is 0.484. The highest BCUT2D eigenvalue weighted by atomic mass is 16.5. The molecule has 0 aliphatic rings. The fourth-order valence-electron chi connectivity index (χ4n) is 0.209. The van der Waals surface area contributed by atoms with E-state index in [0.717, 1.165) is 0 Å². The van der Waals surface area contributed by atoms with E-state index in [1.54, 1.807) is 0 Å². The van der Waals surface area contributed by atoms with Gasteiger partial charge in [0, 0.05) is 6.61 Å². The maximum Gasteiger partial charge on any atom is 0.0697 e. The monoisotopic (exact) mass is 146 g/mol. The minimum atomic E-state index is 0.133. The first-order valence-corrected chi connectivity index (χ1v) is 3.10. The summed E-state index contributed by atoms with van der Waals surface area (Å²) in [6.07, 6.45) is 0. The van der Waals surface area contributed by atoms with Gasteiger partial charge in [-0.05, 0) is 6.92 Å². The fraction of sp³-hybridized carbons (Fsp3) is 0.500. The van der Waals surface area contributed by atoms with Gasteiger partial charge in [-0.15, -0.1) is 26.3 Å². The minimum Gasteiger partial charge on any atom is -0.394 e. The van der Waals surface area contributed by atoms with Crippen LogP contribution in [0.2, 0.25) is 0 Å². The van der Waals surface area contributed by atoms with Crippen LogP contribution in [-0.2, 0) is 4.74 Å². The second-order valence-electron chi connectivity index (χ2n) is 0.921. The normalized spacial score (nSPS) is 6.20. The van der Waals surface area contributed by atoms with E-state index in [1.165, 1.54) is 0 Å². The molecule has 0 heterocycles. The van der Waals surface area contributed by atoms with Crippen LogP contribution in [0.5, 0.6) is 0 Å². The van der Waals surface area contributed by atoms with E-state index in [2.05, 4.69) is 26.3 Å². The summed E-state index contributed by atoms with van der Waals surface area (Å²) in [5.74, 6) is 0. The summed E-state index contributed by atoms with van der Waals surface area (Å²) in [4.78, 5) is 0. The third-order valence-electron chi connectivity index (χ3n) is 0.440. The lowest BCUT2D eigenvalue weighted by Gasteiger charge is -1.91. The van der Waals surface area contributed by atoms with Crippen molar-refractivity contribution in [3.63, 3.8) is 0 Å². The van der Waals surface area contributed by atoms with E-state index >= 15 is 0 Å². The zero-order chi connectivity index (χ0) is 8.83. The van der Waals surface area contributed by atoms with Gasteiger partial charge in [-0.2, -0.15) is 0 Å². The highest BCUT2D eigenvalue weighted by molar-refractivity contribution is 4.22. The topological polar surface area (TPSA) is 29.5 Å². The molecule has 0 rings (SSSR count). The SMILES string of the molecule is C=C.C=C.CCOCCO. The molecule has 0 aliphatic heterocycles. The van der Waals surface area contributed by atoms with Gasteiger partial charge in [0.15, 0.2) is 0 Å². The molecule has 1 N–H and O–H groups in total. The van der Waals surface area contributed by atoms with Crippen LogP contribution in [-0.4, -0.2) is 24.9 Å². The van der Waals surface area contributed by atoms with Crippen molar-refractivity contribution < 1.29 is 9.84 Å². The average Bonchev–Trinajstić information content (AvgIpc) is 2.08. The first-order chi connectivity index (χ1) is 4.91. The minimum absolute atomic E-state index is 0.133. The Morgan fingerprint density at radius 1 is 1.20 bits per heavy atom. The van der Waals surface area contributed by atoms with Crippen molar-refractivity contribution >= 4 is 0 Å². The zero-order valence-corrected chi connectivity index (χ0v) is 6.81. The number of rotatable bonds is 3. The summed E-state index contributed by atoms with van der Waals surface area (Å²) < 4.78 is 4.73. The van der Waals surface area contributed by atoms with Gasteiger partial charge < -0.3 is 9.84 Å². The molecule has 62 valence electrons. The van der Waals surface area contributed by atoms with Crippen LogP contribution >= 0.6 is 0 Å². The summed E-state index contributed by atoms with van der Waals surface area (Å²) >= 11 is 0. The van der Waals surface area contributed by atoms with Gasteiger partial charge in [0.25, 0.3) is 0 Å². The van der Waals surface area contributed by atoms with E-state index < -0.39 is 0 Å². The van der Waals surface area contributed by atoms with Gasteiger partial charge in [0.2, 0.25) is 0 Å². The second kappa shape index (κ2) is 39.8. The van der Waals surface area contributed by atoms with Crippen molar-refractivity contribution in [2.75, 3.05) is 19.8 Å². The molecule has 0 fully saturated rings. The molecule has 0 aliphatic carbocycles. The van der Waals surface area contributed by atoms with Gasteiger partial charge in [0.1, 0.15) is 0 Å². The van der Waals surface area contributed by atoms with E-state index in [1.807, 2.05) is 6.92 Å². The van der Waals surface area contributed by atoms with Crippen molar-refractivity contribution in [1.82, 2.24) is 0 Å². The molecular weight excluding hydrogens is 128 g/mol. The molecule has 0 saturated heterocycles. The van der Waals surface area contributed by atoms with Gasteiger partial charge in [-0.1, -0.05) is 0 Å². The predicted molar refractivity (Wildman–Crippen MR) is 46.1 cm³/mol. The van der Waals surface area contributed by atoms with Crippen molar-refractivity contribution in [3.8, 4) is 0 Å². The zero-order valence-electron chi connectivity index (χ0n) is 6.81. The van der Waals surface area contributed by atoms with Crippen LogP contribution in [0.4, 0.5) is 0 Å². The van der Waals surface area contributed by atoms with Gasteiger partial charge >= 0.3 is 0 Å². The Morgan fingerprint density at radius 2 is 1.60 bits per heavy atom. The summed E-state index contributed by atoms with van der Waals surface area (Å²) in [6.45, 7) is 15.2. The van der Waals surface area contributed by atoms with Crippen LogP contribution in [0.15, 0.2) is 26.3 Å². The van der Waals surface area contributed by atoms with Gasteiger partial charge in [0.05, 0.1) is 13.2 Å². The molecule has 0 radical (unpaired) electrons. The molecular formula is C8H18O2. The third-order valence-corrected chi connectivity index (χ3v) is 0.440. The Labute approximate surface area is 63.8 Å². The summed E-state index contributed by atoms with van der Waals surface area (Å²) in [5, 5.41) is 8.07. The molecule has 2 nitrogen and oxygen atoms in total. The van der Waals surface area contributed by atoms with Gasteiger partial charge in [-0.3, -0.25) is 0 Å². The molecule has 0 atom stereocenters. The molecule has 0 unspecified atom stereocenters. The molecule has 0 amide bonds. The Morgan fingerprint density at radius 3 is 1.70 bits per heavy atom. The Hall–Kier alpha value is -0.600. The lowest BCUT2D eigenvalue weighted by Crippen LogP contribution is -1.96. The molecule has 10 heavy (non-hydrogen) atoms. The second-order valence-corrected chi connectivity index (χ2v) is 0.921. The van der Waals surface area contributed by atoms with E-state index in [4.69, 9.17) is 9.84 Å². The maximum atomic E-state index is 8.07. The molecule has 2 heteroatoms. The van der Waals surface area contributed by atoms with Crippen LogP contribution in [0.1, 0.15) is 6.92 Å². The van der Waals surface area contributed by atoms with Crippen molar-refractivity contribution in [2.45, 2.75) is 6.92 Å². The van der Waals surface area contributed by atoms with Crippen molar-refractivity contribution in [1.29, 1.82) is 0 Å². The third kappa shape index (κ3) is 52.6. The Balaban J connectivity index is -0.000000105. The highest BCUT2D eigenvalue weighted by Gasteiger charge is 1.73. The maximum absolute atomic E-state index is 8.07. The fourth-order valence-corrected chi connectivity index (χ4v) is 0.209. The van der Waals surface area contributed by atoms with Crippen molar-refractivity contribution in [3.05, 3.63) is 26.3 Å². The average molecular weight is 146 g/mol. The number of ether oxygens (including phenoxy) is 1. The first kappa shape index (κ1) is 16.2. The summed E-state index contributed by atoms with van der Waals surface area (Å²) in [5.41, 5.74) is 0. The number of aliphatic hydroxyl groups excluding tert-OH is 1. The number of aliphatic hydroxyl groups is 1. The molecule has 0 aromatic carbocycles. The summed E-state index contributed by atoms with van der Waals surface area (Å²) in [7, 11) is 0. The smallest absolute Gasteiger partial charge is 0.0697 e. The number of hydrogen-bond donors (Lipinski definition) is 1. The molecule has 0 aromatic rings. The first-order valence-electron chi connectivity index (χ1n) is 3.10. The molecule has 0 bridgehead atoms. The van der Waals surface area contributed by atoms with Gasteiger partial charge in [-0.25, -0.2) is 0 Å². The van der Waals surface area contributed by atoms with E-state index in [-0.39, 0.29) is 6.61 Å². The predicted octanol–water partition coefficient (Wildman–Crippen LogP) is 1.62.